The summed E-state index contributed by atoms with van der Waals surface area (Å²) in [4.78, 5) is 10.4. The van der Waals surface area contributed by atoms with Crippen LogP contribution in [0.1, 0.15) is 38.5 Å². The van der Waals surface area contributed by atoms with Gasteiger partial charge in [-0.05, 0) is 37.8 Å². The smallest absolute Gasteiger partial charge is 0.330 e. The number of hydrogen-bond acceptors (Lipinski definition) is 5. The van der Waals surface area contributed by atoms with Gasteiger partial charge in [-0.1, -0.05) is 6.58 Å². The summed E-state index contributed by atoms with van der Waals surface area (Å²) in [7, 11) is 0. The molecule has 0 saturated carbocycles. The van der Waals surface area contributed by atoms with Crippen molar-refractivity contribution in [3.8, 4) is 0 Å². The molecule has 2 aliphatic carbocycles. The Morgan fingerprint density at radius 1 is 1.14 bits per heavy atom. The fourth-order valence-electron chi connectivity index (χ4n) is 2.06. The molecular weight excluding hydrogens is 284 g/mol. The number of allylic oxidation sites excluding steroid dienone is 4. The van der Waals surface area contributed by atoms with Crippen LogP contribution < -0.4 is 0 Å². The third-order valence-electron chi connectivity index (χ3n) is 3.14. The van der Waals surface area contributed by atoms with Crippen molar-refractivity contribution in [1.29, 1.82) is 0 Å². The molecule has 0 aromatic carbocycles. The van der Waals surface area contributed by atoms with E-state index < -0.39 is 5.97 Å². The van der Waals surface area contributed by atoms with E-state index in [4.69, 9.17) is 14.6 Å². The second kappa shape index (κ2) is 12.0. The summed E-state index contributed by atoms with van der Waals surface area (Å²) in [6, 6.07) is 0. The predicted molar refractivity (Wildman–Crippen MR) is 84.0 cm³/mol. The van der Waals surface area contributed by atoms with Gasteiger partial charge < -0.3 is 19.3 Å². The van der Waals surface area contributed by atoms with E-state index in [1.165, 1.54) is 37.2 Å². The summed E-state index contributed by atoms with van der Waals surface area (Å²) in [6.07, 6.45) is 12.8. The highest BCUT2D eigenvalue weighted by Crippen LogP contribution is 2.26. The summed E-state index contributed by atoms with van der Waals surface area (Å²) in [5.74, 6) is 1.95. The van der Waals surface area contributed by atoms with Crippen LogP contribution in [0.4, 0.5) is 0 Å². The Morgan fingerprint density at radius 3 is 2.23 bits per heavy atom. The Hall–Kier alpha value is -1.59. The van der Waals surface area contributed by atoms with Gasteiger partial charge in [-0.15, -0.1) is 0 Å². The number of ether oxygens (including phenoxy) is 3. The van der Waals surface area contributed by atoms with Gasteiger partial charge in [0.2, 0.25) is 0 Å². The van der Waals surface area contributed by atoms with Gasteiger partial charge in [0.1, 0.15) is 6.61 Å². The second-order valence-corrected chi connectivity index (χ2v) is 4.93. The van der Waals surface area contributed by atoms with E-state index in [1.807, 2.05) is 0 Å². The zero-order valence-electron chi connectivity index (χ0n) is 13.1. The van der Waals surface area contributed by atoms with Crippen LogP contribution in [0.15, 0.2) is 36.3 Å². The largest absolute Gasteiger partial charge is 0.467 e. The molecule has 5 nitrogen and oxygen atoms in total. The molecule has 1 N–H and O–H groups in total. The van der Waals surface area contributed by atoms with Crippen molar-refractivity contribution >= 4 is 5.97 Å². The maximum atomic E-state index is 10.4. The second-order valence-electron chi connectivity index (χ2n) is 4.93. The van der Waals surface area contributed by atoms with Gasteiger partial charge >= 0.3 is 5.97 Å². The fraction of sp³-hybridized carbons (Fsp3) is 0.588. The van der Waals surface area contributed by atoms with Crippen LogP contribution in [0.5, 0.6) is 0 Å². The number of rotatable bonds is 8. The summed E-state index contributed by atoms with van der Waals surface area (Å²) in [5, 5.41) is 8.27. The average Bonchev–Trinajstić information content (AvgIpc) is 3.22. The number of carbonyl (C=O) groups excluding carboxylic acids is 1. The molecule has 0 spiro atoms. The number of aliphatic hydroxyl groups is 1. The lowest BCUT2D eigenvalue weighted by molar-refractivity contribution is -0.139. The molecule has 0 atom stereocenters. The first-order valence-corrected chi connectivity index (χ1v) is 7.80. The van der Waals surface area contributed by atoms with E-state index in [2.05, 4.69) is 23.5 Å². The van der Waals surface area contributed by atoms with Gasteiger partial charge in [0.25, 0.3) is 0 Å². The lowest BCUT2D eigenvalue weighted by atomic mass is 10.3. The van der Waals surface area contributed by atoms with Gasteiger partial charge in [-0.2, -0.15) is 0 Å². The van der Waals surface area contributed by atoms with Crippen LogP contribution in [-0.2, 0) is 19.0 Å². The van der Waals surface area contributed by atoms with Gasteiger partial charge in [-0.25, -0.2) is 4.79 Å². The third kappa shape index (κ3) is 8.64. The monoisotopic (exact) mass is 310 g/mol. The van der Waals surface area contributed by atoms with E-state index >= 15 is 0 Å². The minimum Gasteiger partial charge on any atom is -0.467 e. The molecule has 0 saturated heterocycles. The highest BCUT2D eigenvalue weighted by molar-refractivity contribution is 5.81. The van der Waals surface area contributed by atoms with Crippen molar-refractivity contribution in [2.24, 2.45) is 0 Å². The lowest BCUT2D eigenvalue weighted by Crippen LogP contribution is -2.09. The molecule has 22 heavy (non-hydrogen) atoms. The molecular formula is C17H26O5. The average molecular weight is 310 g/mol. The predicted octanol–water partition coefficient (Wildman–Crippen LogP) is 2.86. The van der Waals surface area contributed by atoms with Gasteiger partial charge in [0.05, 0.1) is 31.3 Å². The van der Waals surface area contributed by atoms with Crippen LogP contribution >= 0.6 is 0 Å². The molecule has 5 heteroatoms. The van der Waals surface area contributed by atoms with E-state index in [0.29, 0.717) is 6.61 Å². The van der Waals surface area contributed by atoms with Crippen molar-refractivity contribution in [3.05, 3.63) is 36.3 Å². The Bertz CT molecular complexity index is 376. The molecule has 0 unspecified atom stereocenters. The number of carbonyl (C=O) groups is 1. The van der Waals surface area contributed by atoms with Gasteiger partial charge in [-0.3, -0.25) is 0 Å². The maximum absolute atomic E-state index is 10.4. The molecule has 0 aromatic heterocycles. The van der Waals surface area contributed by atoms with Crippen molar-refractivity contribution in [2.75, 3.05) is 26.4 Å². The normalized spacial score (nSPS) is 16.2. The highest BCUT2D eigenvalue weighted by atomic mass is 16.6. The molecule has 0 aliphatic heterocycles. The molecule has 0 radical (unpaired) electrons. The maximum Gasteiger partial charge on any atom is 0.330 e. The Kier molecular flexibility index (Phi) is 10.1. The first kappa shape index (κ1) is 18.5. The Morgan fingerprint density at radius 2 is 1.77 bits per heavy atom. The van der Waals surface area contributed by atoms with Gasteiger partial charge in [0, 0.05) is 18.9 Å². The number of aliphatic hydroxyl groups excluding tert-OH is 1. The standard InChI is InChI=1S/C10H14O.C7H12O4/c1-2-6-9(5-1)11-10-7-3-4-8-10;1-2-7(9)11-6-5-10-4-3-8/h5,7H,1-4,6,8H2;2,8H,1,3-6H2. The van der Waals surface area contributed by atoms with Crippen LogP contribution in [0.25, 0.3) is 0 Å². The van der Waals surface area contributed by atoms with Crippen molar-refractivity contribution in [1.82, 2.24) is 0 Å². The zero-order chi connectivity index (χ0) is 16.0. The van der Waals surface area contributed by atoms with E-state index in [9.17, 15) is 4.79 Å². The number of esters is 1. The Labute approximate surface area is 132 Å². The summed E-state index contributed by atoms with van der Waals surface area (Å²) in [5.41, 5.74) is 0. The molecule has 0 amide bonds. The SMILES string of the molecule is C1=C(OC2=CCCC2)CCC1.C=CC(=O)OCCOCCO. The molecule has 0 aromatic rings. The molecule has 0 bridgehead atoms. The summed E-state index contributed by atoms with van der Waals surface area (Å²) in [6.45, 7) is 3.98. The first-order valence-electron chi connectivity index (χ1n) is 7.80. The minimum absolute atomic E-state index is 0.0184. The molecule has 0 heterocycles. The summed E-state index contributed by atoms with van der Waals surface area (Å²) >= 11 is 0. The molecule has 124 valence electrons. The highest BCUT2D eigenvalue weighted by Gasteiger charge is 2.10. The quantitative estimate of drug-likeness (QED) is 0.424. The van der Waals surface area contributed by atoms with Crippen molar-refractivity contribution in [3.63, 3.8) is 0 Å². The Balaban J connectivity index is 0.000000220. The first-order chi connectivity index (χ1) is 10.8. The van der Waals surface area contributed by atoms with Crippen molar-refractivity contribution < 1.29 is 24.1 Å². The topological polar surface area (TPSA) is 65.0 Å². The molecule has 0 fully saturated rings. The van der Waals surface area contributed by atoms with E-state index in [-0.39, 0.29) is 19.8 Å². The van der Waals surface area contributed by atoms with Crippen LogP contribution in [-0.4, -0.2) is 37.5 Å². The minimum atomic E-state index is -0.461. The number of hydrogen-bond donors (Lipinski definition) is 1. The summed E-state index contributed by atoms with van der Waals surface area (Å²) < 4.78 is 15.1. The third-order valence-corrected chi connectivity index (χ3v) is 3.14. The van der Waals surface area contributed by atoms with E-state index in [1.54, 1.807) is 0 Å². The molecule has 2 rings (SSSR count). The van der Waals surface area contributed by atoms with Gasteiger partial charge in [0.15, 0.2) is 0 Å². The van der Waals surface area contributed by atoms with Crippen LogP contribution in [0.2, 0.25) is 0 Å². The fourth-order valence-corrected chi connectivity index (χ4v) is 2.06. The van der Waals surface area contributed by atoms with E-state index in [0.717, 1.165) is 18.9 Å². The lowest BCUT2D eigenvalue weighted by Gasteiger charge is -2.05. The zero-order valence-corrected chi connectivity index (χ0v) is 13.1. The van der Waals surface area contributed by atoms with Crippen LogP contribution in [0.3, 0.4) is 0 Å². The van der Waals surface area contributed by atoms with Crippen LogP contribution in [0, 0.1) is 0 Å². The molecule has 2 aliphatic rings. The van der Waals surface area contributed by atoms with Crippen molar-refractivity contribution in [2.45, 2.75) is 38.5 Å².